The first-order valence-electron chi connectivity index (χ1n) is 6.06. The minimum atomic E-state index is 0.583. The van der Waals surface area contributed by atoms with E-state index in [-0.39, 0.29) is 0 Å². The van der Waals surface area contributed by atoms with Gasteiger partial charge in [-0.05, 0) is 37.6 Å². The smallest absolute Gasteiger partial charge is 0.243 e. The third-order valence-corrected chi connectivity index (χ3v) is 2.75. The highest BCUT2D eigenvalue weighted by Crippen LogP contribution is 2.08. The molecule has 3 aromatic heterocycles. The molecule has 0 aliphatic heterocycles. The lowest BCUT2D eigenvalue weighted by Gasteiger charge is -2.01. The summed E-state index contributed by atoms with van der Waals surface area (Å²) in [6, 6.07) is 5.87. The third-order valence-electron chi connectivity index (χ3n) is 2.75. The van der Waals surface area contributed by atoms with Crippen LogP contribution in [0.5, 0.6) is 0 Å². The Morgan fingerprint density at radius 1 is 1.21 bits per heavy atom. The molecule has 0 aliphatic carbocycles. The first-order chi connectivity index (χ1) is 9.20. The van der Waals surface area contributed by atoms with Crippen molar-refractivity contribution in [2.75, 3.05) is 5.32 Å². The van der Waals surface area contributed by atoms with Gasteiger partial charge in [0.25, 0.3) is 0 Å². The van der Waals surface area contributed by atoms with Crippen LogP contribution in [-0.4, -0.2) is 24.6 Å². The molecule has 96 valence electrons. The van der Waals surface area contributed by atoms with Crippen LogP contribution in [0.15, 0.2) is 30.6 Å². The molecule has 1 N–H and O–H groups in total. The number of hydrogen-bond acceptors (Lipinski definition) is 5. The van der Waals surface area contributed by atoms with Crippen LogP contribution in [0.1, 0.15) is 17.1 Å². The predicted molar refractivity (Wildman–Crippen MR) is 71.8 cm³/mol. The van der Waals surface area contributed by atoms with Crippen molar-refractivity contribution in [2.24, 2.45) is 0 Å². The molecule has 3 aromatic rings. The predicted octanol–water partition coefficient (Wildman–Crippen LogP) is 1.75. The van der Waals surface area contributed by atoms with Gasteiger partial charge in [-0.15, -0.1) is 5.10 Å². The van der Waals surface area contributed by atoms with E-state index >= 15 is 0 Å². The van der Waals surface area contributed by atoms with Gasteiger partial charge >= 0.3 is 0 Å². The topological polar surface area (TPSA) is 68.0 Å². The van der Waals surface area contributed by atoms with Crippen LogP contribution in [-0.2, 0) is 6.54 Å². The summed E-state index contributed by atoms with van der Waals surface area (Å²) >= 11 is 0. The number of pyridine rings is 1. The van der Waals surface area contributed by atoms with E-state index in [0.29, 0.717) is 12.5 Å². The molecule has 0 aliphatic rings. The minimum Gasteiger partial charge on any atom is -0.347 e. The Bertz CT molecular complexity index is 718. The maximum absolute atomic E-state index is 4.41. The van der Waals surface area contributed by atoms with E-state index in [2.05, 4.69) is 25.4 Å². The second kappa shape index (κ2) is 4.64. The van der Waals surface area contributed by atoms with Crippen molar-refractivity contribution < 1.29 is 0 Å². The molecular formula is C13H14N6. The summed E-state index contributed by atoms with van der Waals surface area (Å²) in [5, 5.41) is 7.51. The number of hydrogen-bond donors (Lipinski definition) is 1. The third kappa shape index (κ3) is 2.52. The van der Waals surface area contributed by atoms with Crippen molar-refractivity contribution in [2.45, 2.75) is 20.4 Å². The largest absolute Gasteiger partial charge is 0.347 e. The van der Waals surface area contributed by atoms with Crippen molar-refractivity contribution >= 4 is 11.6 Å². The Hall–Kier alpha value is -2.50. The highest BCUT2D eigenvalue weighted by molar-refractivity contribution is 5.45. The van der Waals surface area contributed by atoms with E-state index in [4.69, 9.17) is 0 Å². The van der Waals surface area contributed by atoms with Gasteiger partial charge in [0, 0.05) is 12.4 Å². The maximum Gasteiger partial charge on any atom is 0.243 e. The molecule has 0 radical (unpaired) electrons. The van der Waals surface area contributed by atoms with Crippen LogP contribution in [0.3, 0.4) is 0 Å². The summed E-state index contributed by atoms with van der Waals surface area (Å²) < 4.78 is 1.75. The SMILES string of the molecule is Cc1ccn2nc(NCc3ccnc(C)n3)nc2c1. The molecule has 0 saturated heterocycles. The molecule has 6 heteroatoms. The van der Waals surface area contributed by atoms with Crippen LogP contribution < -0.4 is 5.32 Å². The van der Waals surface area contributed by atoms with Gasteiger partial charge in [-0.25, -0.2) is 14.5 Å². The zero-order valence-corrected chi connectivity index (χ0v) is 10.8. The highest BCUT2D eigenvalue weighted by atomic mass is 15.3. The van der Waals surface area contributed by atoms with Crippen molar-refractivity contribution in [3.8, 4) is 0 Å². The van der Waals surface area contributed by atoms with Gasteiger partial charge < -0.3 is 5.32 Å². The summed E-state index contributed by atoms with van der Waals surface area (Å²) in [5.41, 5.74) is 2.92. The second-order valence-electron chi connectivity index (χ2n) is 4.39. The van der Waals surface area contributed by atoms with E-state index in [9.17, 15) is 0 Å². The summed E-state index contributed by atoms with van der Waals surface area (Å²) in [5.74, 6) is 1.36. The van der Waals surface area contributed by atoms with Crippen molar-refractivity contribution in [1.29, 1.82) is 0 Å². The van der Waals surface area contributed by atoms with E-state index in [1.165, 1.54) is 0 Å². The van der Waals surface area contributed by atoms with Gasteiger partial charge in [0.15, 0.2) is 5.65 Å². The fraction of sp³-hybridized carbons (Fsp3) is 0.231. The number of nitrogens with zero attached hydrogens (tertiary/aromatic N) is 5. The van der Waals surface area contributed by atoms with E-state index in [0.717, 1.165) is 22.7 Å². The monoisotopic (exact) mass is 254 g/mol. The number of fused-ring (bicyclic) bond motifs is 1. The molecular weight excluding hydrogens is 240 g/mol. The molecule has 6 nitrogen and oxygen atoms in total. The number of aryl methyl sites for hydroxylation is 2. The zero-order chi connectivity index (χ0) is 13.2. The van der Waals surface area contributed by atoms with Crippen LogP contribution in [0.2, 0.25) is 0 Å². The van der Waals surface area contributed by atoms with E-state index < -0.39 is 0 Å². The van der Waals surface area contributed by atoms with Crippen LogP contribution in [0.25, 0.3) is 5.65 Å². The average molecular weight is 254 g/mol. The summed E-state index contributed by atoms with van der Waals surface area (Å²) in [4.78, 5) is 12.8. The number of rotatable bonds is 3. The van der Waals surface area contributed by atoms with Gasteiger partial charge in [-0.1, -0.05) is 0 Å². The first-order valence-corrected chi connectivity index (χ1v) is 6.06. The van der Waals surface area contributed by atoms with Gasteiger partial charge in [0.2, 0.25) is 5.95 Å². The Morgan fingerprint density at radius 2 is 2.11 bits per heavy atom. The summed E-state index contributed by atoms with van der Waals surface area (Å²) in [6.45, 7) is 4.49. The molecule has 0 aromatic carbocycles. The normalized spacial score (nSPS) is 10.8. The molecule has 3 heterocycles. The molecule has 0 spiro atoms. The average Bonchev–Trinajstić information content (AvgIpc) is 2.78. The second-order valence-corrected chi connectivity index (χ2v) is 4.39. The summed E-state index contributed by atoms with van der Waals surface area (Å²) in [7, 11) is 0. The van der Waals surface area contributed by atoms with Gasteiger partial charge in [-0.3, -0.25) is 0 Å². The molecule has 19 heavy (non-hydrogen) atoms. The molecule has 0 atom stereocenters. The Balaban J connectivity index is 1.78. The highest BCUT2D eigenvalue weighted by Gasteiger charge is 2.03. The maximum atomic E-state index is 4.41. The lowest BCUT2D eigenvalue weighted by Crippen LogP contribution is -2.04. The molecule has 0 fully saturated rings. The quantitative estimate of drug-likeness (QED) is 0.771. The van der Waals surface area contributed by atoms with Crippen LogP contribution >= 0.6 is 0 Å². The van der Waals surface area contributed by atoms with Crippen molar-refractivity contribution in [1.82, 2.24) is 24.6 Å². The van der Waals surface area contributed by atoms with Crippen LogP contribution in [0.4, 0.5) is 5.95 Å². The lowest BCUT2D eigenvalue weighted by atomic mass is 10.3. The Morgan fingerprint density at radius 3 is 2.95 bits per heavy atom. The molecule has 0 amide bonds. The lowest BCUT2D eigenvalue weighted by molar-refractivity contribution is 0.921. The van der Waals surface area contributed by atoms with Gasteiger partial charge in [0.05, 0.1) is 12.2 Å². The van der Waals surface area contributed by atoms with E-state index in [1.807, 2.05) is 38.2 Å². The standard InChI is InChI=1S/C13H14N6/c1-9-4-6-19-12(7-9)17-13(18-19)15-8-11-3-5-14-10(2)16-11/h3-7H,8H2,1-2H3,(H,15,18). The summed E-state index contributed by atoms with van der Waals surface area (Å²) in [6.07, 6.45) is 3.65. The number of aromatic nitrogens is 5. The fourth-order valence-electron chi connectivity index (χ4n) is 1.83. The molecule has 0 unspecified atom stereocenters. The fourth-order valence-corrected chi connectivity index (χ4v) is 1.83. The first kappa shape index (κ1) is 11.6. The zero-order valence-electron chi connectivity index (χ0n) is 10.8. The Labute approximate surface area is 110 Å². The Kier molecular flexibility index (Phi) is 2.83. The number of nitrogens with one attached hydrogen (secondary N) is 1. The van der Waals surface area contributed by atoms with Crippen LogP contribution in [0, 0.1) is 13.8 Å². The molecule has 3 rings (SSSR count). The minimum absolute atomic E-state index is 0.583. The number of anilines is 1. The van der Waals surface area contributed by atoms with Gasteiger partial charge in [-0.2, -0.15) is 4.98 Å². The van der Waals surface area contributed by atoms with Crippen molar-refractivity contribution in [3.63, 3.8) is 0 Å². The molecule has 0 bridgehead atoms. The van der Waals surface area contributed by atoms with Crippen molar-refractivity contribution in [3.05, 3.63) is 47.7 Å². The van der Waals surface area contributed by atoms with E-state index in [1.54, 1.807) is 10.7 Å². The molecule has 0 saturated carbocycles. The van der Waals surface area contributed by atoms with Gasteiger partial charge in [0.1, 0.15) is 5.82 Å².